The number of amides is 3. The third-order valence-electron chi connectivity index (χ3n) is 2.25. The summed E-state index contributed by atoms with van der Waals surface area (Å²) in [6, 6.07) is 2.09. The standard InChI is InChI=1S/C10H8F2N2O2/c11-6-1-2-7(12)8(5-6)14-4-3-9(15)13-10(14)16/h1-2,5H,3-4H2,(H,13,15,16). The normalized spacial score (nSPS) is 16.2. The minimum Gasteiger partial charge on any atom is -0.291 e. The molecule has 1 aliphatic rings. The van der Waals surface area contributed by atoms with Gasteiger partial charge in [0.2, 0.25) is 5.91 Å². The van der Waals surface area contributed by atoms with Crippen LogP contribution in [-0.4, -0.2) is 18.5 Å². The van der Waals surface area contributed by atoms with E-state index in [-0.39, 0.29) is 18.7 Å². The highest BCUT2D eigenvalue weighted by molar-refractivity contribution is 6.05. The van der Waals surface area contributed by atoms with E-state index in [1.165, 1.54) is 0 Å². The van der Waals surface area contributed by atoms with Crippen molar-refractivity contribution in [2.45, 2.75) is 6.42 Å². The summed E-state index contributed by atoms with van der Waals surface area (Å²) < 4.78 is 26.3. The summed E-state index contributed by atoms with van der Waals surface area (Å²) in [5.41, 5.74) is -0.162. The van der Waals surface area contributed by atoms with E-state index in [4.69, 9.17) is 0 Å². The molecule has 3 amide bonds. The number of imide groups is 1. The average Bonchev–Trinajstić information content (AvgIpc) is 2.22. The van der Waals surface area contributed by atoms with E-state index >= 15 is 0 Å². The van der Waals surface area contributed by atoms with Crippen molar-refractivity contribution in [2.75, 3.05) is 11.4 Å². The van der Waals surface area contributed by atoms with Gasteiger partial charge >= 0.3 is 6.03 Å². The van der Waals surface area contributed by atoms with E-state index in [9.17, 15) is 18.4 Å². The molecular formula is C10H8F2N2O2. The summed E-state index contributed by atoms with van der Waals surface area (Å²) in [5, 5.41) is 2.03. The summed E-state index contributed by atoms with van der Waals surface area (Å²) in [6.45, 7) is 0.0467. The molecule has 4 nitrogen and oxygen atoms in total. The van der Waals surface area contributed by atoms with E-state index in [1.54, 1.807) is 0 Å². The van der Waals surface area contributed by atoms with Crippen LogP contribution in [-0.2, 0) is 4.79 Å². The van der Waals surface area contributed by atoms with Crippen molar-refractivity contribution >= 4 is 17.6 Å². The molecule has 84 valence electrons. The molecule has 0 aromatic heterocycles. The summed E-state index contributed by atoms with van der Waals surface area (Å²) >= 11 is 0. The zero-order chi connectivity index (χ0) is 11.7. The third kappa shape index (κ3) is 1.86. The number of nitrogens with zero attached hydrogens (tertiary/aromatic N) is 1. The van der Waals surface area contributed by atoms with Gasteiger partial charge in [0.15, 0.2) is 0 Å². The number of hydrogen-bond donors (Lipinski definition) is 1. The molecule has 1 heterocycles. The van der Waals surface area contributed by atoms with Crippen LogP contribution in [0.1, 0.15) is 6.42 Å². The van der Waals surface area contributed by atoms with Gasteiger partial charge in [-0.05, 0) is 12.1 Å². The topological polar surface area (TPSA) is 49.4 Å². The lowest BCUT2D eigenvalue weighted by Gasteiger charge is -2.26. The molecular weight excluding hydrogens is 218 g/mol. The van der Waals surface area contributed by atoms with Crippen LogP contribution in [0, 0.1) is 11.6 Å². The Bertz CT molecular complexity index is 462. The zero-order valence-corrected chi connectivity index (χ0v) is 8.17. The number of anilines is 1. The maximum Gasteiger partial charge on any atom is 0.328 e. The fraction of sp³-hybridized carbons (Fsp3) is 0.200. The largest absolute Gasteiger partial charge is 0.328 e. The van der Waals surface area contributed by atoms with Crippen molar-refractivity contribution < 1.29 is 18.4 Å². The van der Waals surface area contributed by atoms with Gasteiger partial charge in [0.05, 0.1) is 5.69 Å². The Morgan fingerprint density at radius 1 is 1.25 bits per heavy atom. The van der Waals surface area contributed by atoms with Crippen LogP contribution in [0.15, 0.2) is 18.2 Å². The molecule has 1 aromatic carbocycles. The van der Waals surface area contributed by atoms with Crippen LogP contribution in [0.3, 0.4) is 0 Å². The van der Waals surface area contributed by atoms with Crippen molar-refractivity contribution in [3.05, 3.63) is 29.8 Å². The Labute approximate surface area is 89.8 Å². The van der Waals surface area contributed by atoms with Gasteiger partial charge in [0.1, 0.15) is 11.6 Å². The van der Waals surface area contributed by atoms with Crippen molar-refractivity contribution in [1.82, 2.24) is 5.32 Å². The molecule has 1 aromatic rings. The van der Waals surface area contributed by atoms with Gasteiger partial charge in [-0.1, -0.05) is 0 Å². The highest BCUT2D eigenvalue weighted by atomic mass is 19.1. The lowest BCUT2D eigenvalue weighted by molar-refractivity contribution is -0.120. The van der Waals surface area contributed by atoms with Gasteiger partial charge in [-0.25, -0.2) is 13.6 Å². The summed E-state index contributed by atoms with van der Waals surface area (Å²) in [6.07, 6.45) is 0.0711. The average molecular weight is 226 g/mol. The van der Waals surface area contributed by atoms with E-state index in [0.29, 0.717) is 0 Å². The summed E-state index contributed by atoms with van der Waals surface area (Å²) in [5.74, 6) is -1.76. The Hall–Kier alpha value is -1.98. The lowest BCUT2D eigenvalue weighted by Crippen LogP contribution is -2.49. The first-order chi connectivity index (χ1) is 7.58. The minimum atomic E-state index is -0.735. The minimum absolute atomic E-state index is 0.0467. The predicted octanol–water partition coefficient (Wildman–Crippen LogP) is 1.41. The van der Waals surface area contributed by atoms with Gasteiger partial charge in [-0.2, -0.15) is 0 Å². The molecule has 0 spiro atoms. The van der Waals surface area contributed by atoms with E-state index in [1.807, 2.05) is 5.32 Å². The predicted molar refractivity (Wildman–Crippen MR) is 51.9 cm³/mol. The maximum absolute atomic E-state index is 13.4. The first kappa shape index (κ1) is 10.5. The molecule has 0 bridgehead atoms. The quantitative estimate of drug-likeness (QED) is 0.787. The first-order valence-electron chi connectivity index (χ1n) is 4.64. The number of halogens is 2. The van der Waals surface area contributed by atoms with Crippen molar-refractivity contribution in [3.63, 3.8) is 0 Å². The molecule has 1 aliphatic heterocycles. The van der Waals surface area contributed by atoms with Crippen LogP contribution in [0.4, 0.5) is 19.3 Å². The van der Waals surface area contributed by atoms with E-state index < -0.39 is 23.6 Å². The van der Waals surface area contributed by atoms with Gasteiger partial charge in [0.25, 0.3) is 0 Å². The molecule has 2 rings (SSSR count). The van der Waals surface area contributed by atoms with Gasteiger partial charge < -0.3 is 0 Å². The molecule has 0 radical (unpaired) electrons. The lowest BCUT2D eigenvalue weighted by atomic mass is 10.2. The summed E-state index contributed by atoms with van der Waals surface area (Å²) in [7, 11) is 0. The molecule has 0 atom stereocenters. The SMILES string of the molecule is O=C1CCN(c2cc(F)ccc2F)C(=O)N1. The van der Waals surface area contributed by atoms with E-state index in [0.717, 1.165) is 23.1 Å². The highest BCUT2D eigenvalue weighted by Crippen LogP contribution is 2.22. The Morgan fingerprint density at radius 2 is 2.00 bits per heavy atom. The second-order valence-electron chi connectivity index (χ2n) is 3.35. The molecule has 0 aliphatic carbocycles. The third-order valence-corrected chi connectivity index (χ3v) is 2.25. The highest BCUT2D eigenvalue weighted by Gasteiger charge is 2.26. The molecule has 6 heteroatoms. The molecule has 1 fully saturated rings. The molecule has 1 N–H and O–H groups in total. The van der Waals surface area contributed by atoms with Crippen LogP contribution in [0.25, 0.3) is 0 Å². The monoisotopic (exact) mass is 226 g/mol. The molecule has 1 saturated heterocycles. The van der Waals surface area contributed by atoms with Crippen LogP contribution >= 0.6 is 0 Å². The number of rotatable bonds is 1. The van der Waals surface area contributed by atoms with Gasteiger partial charge in [-0.15, -0.1) is 0 Å². The Kier molecular flexibility index (Phi) is 2.55. The number of carbonyl (C=O) groups is 2. The number of hydrogen-bond acceptors (Lipinski definition) is 2. The van der Waals surface area contributed by atoms with Crippen LogP contribution in [0.5, 0.6) is 0 Å². The zero-order valence-electron chi connectivity index (χ0n) is 8.17. The van der Waals surface area contributed by atoms with E-state index in [2.05, 4.69) is 0 Å². The Balaban J connectivity index is 2.33. The summed E-state index contributed by atoms with van der Waals surface area (Å²) in [4.78, 5) is 23.2. The second kappa shape index (κ2) is 3.88. The molecule has 0 unspecified atom stereocenters. The van der Waals surface area contributed by atoms with Crippen molar-refractivity contribution in [2.24, 2.45) is 0 Å². The second-order valence-corrected chi connectivity index (χ2v) is 3.35. The fourth-order valence-corrected chi connectivity index (χ4v) is 1.49. The van der Waals surface area contributed by atoms with Crippen LogP contribution < -0.4 is 10.2 Å². The smallest absolute Gasteiger partial charge is 0.291 e. The van der Waals surface area contributed by atoms with Gasteiger partial charge in [0, 0.05) is 19.0 Å². The Morgan fingerprint density at radius 3 is 2.69 bits per heavy atom. The number of nitrogens with one attached hydrogen (secondary N) is 1. The molecule has 0 saturated carbocycles. The van der Waals surface area contributed by atoms with Gasteiger partial charge in [-0.3, -0.25) is 15.0 Å². The first-order valence-corrected chi connectivity index (χ1v) is 4.64. The number of carbonyl (C=O) groups excluding carboxylic acids is 2. The maximum atomic E-state index is 13.4. The fourth-order valence-electron chi connectivity index (χ4n) is 1.49. The van der Waals surface area contributed by atoms with Crippen LogP contribution in [0.2, 0.25) is 0 Å². The molecule has 16 heavy (non-hydrogen) atoms. The number of urea groups is 1. The number of benzene rings is 1. The van der Waals surface area contributed by atoms with Crippen molar-refractivity contribution in [1.29, 1.82) is 0 Å². The van der Waals surface area contributed by atoms with Crippen molar-refractivity contribution in [3.8, 4) is 0 Å².